The average Bonchev–Trinajstić information content (AvgIpc) is 2.38. The van der Waals surface area contributed by atoms with Gasteiger partial charge in [0.05, 0.1) is 0 Å². The Bertz CT molecular complexity index is 553. The fourth-order valence-electron chi connectivity index (χ4n) is 3.39. The second-order valence-electron chi connectivity index (χ2n) is 5.59. The van der Waals surface area contributed by atoms with E-state index in [1.807, 2.05) is 0 Å². The smallest absolute Gasteiger partial charge is 0.00689 e. The summed E-state index contributed by atoms with van der Waals surface area (Å²) in [5.74, 6) is 0. The first-order chi connectivity index (χ1) is 8.24. The highest BCUT2D eigenvalue weighted by molar-refractivity contribution is 5.88. The Kier molecular flexibility index (Phi) is 2.47. The summed E-state index contributed by atoms with van der Waals surface area (Å²) in [5, 5.41) is 2.88. The second-order valence-corrected chi connectivity index (χ2v) is 5.59. The average molecular weight is 224 g/mol. The molecule has 0 heteroatoms. The van der Waals surface area contributed by atoms with E-state index in [2.05, 4.69) is 50.2 Å². The zero-order chi connectivity index (χ0) is 11.9. The molecule has 0 amide bonds. The minimum Gasteiger partial charge on any atom is -0.0645 e. The van der Waals surface area contributed by atoms with E-state index in [1.165, 1.54) is 36.5 Å². The van der Waals surface area contributed by atoms with Crippen molar-refractivity contribution in [1.29, 1.82) is 0 Å². The molecule has 2 aromatic carbocycles. The molecule has 2 aromatic rings. The maximum atomic E-state index is 2.44. The van der Waals surface area contributed by atoms with Crippen molar-refractivity contribution < 1.29 is 0 Å². The number of hydrogen-bond donors (Lipinski definition) is 0. The topological polar surface area (TPSA) is 0 Å². The van der Waals surface area contributed by atoms with Crippen LogP contribution in [0, 0.1) is 0 Å². The van der Waals surface area contributed by atoms with Gasteiger partial charge in [-0.2, -0.15) is 0 Å². The lowest BCUT2D eigenvalue weighted by atomic mass is 9.68. The zero-order valence-corrected chi connectivity index (χ0v) is 10.8. The van der Waals surface area contributed by atoms with Crippen molar-refractivity contribution in [3.05, 3.63) is 47.5 Å². The molecule has 0 aliphatic heterocycles. The highest BCUT2D eigenvalue weighted by Crippen LogP contribution is 2.43. The van der Waals surface area contributed by atoms with E-state index in [1.54, 1.807) is 11.1 Å². The first kappa shape index (κ1) is 10.8. The van der Waals surface area contributed by atoms with Crippen LogP contribution in [-0.2, 0) is 11.8 Å². The summed E-state index contributed by atoms with van der Waals surface area (Å²) in [6.45, 7) is 4.77. The van der Waals surface area contributed by atoms with Crippen LogP contribution in [0.1, 0.15) is 44.2 Å². The quantitative estimate of drug-likeness (QED) is 0.650. The van der Waals surface area contributed by atoms with Crippen LogP contribution >= 0.6 is 0 Å². The van der Waals surface area contributed by atoms with Crippen molar-refractivity contribution in [2.45, 2.75) is 44.9 Å². The van der Waals surface area contributed by atoms with E-state index in [0.717, 1.165) is 0 Å². The lowest BCUT2D eigenvalue weighted by Gasteiger charge is -2.36. The van der Waals surface area contributed by atoms with Gasteiger partial charge >= 0.3 is 0 Å². The minimum absolute atomic E-state index is 0.383. The molecule has 17 heavy (non-hydrogen) atoms. The normalized spacial score (nSPS) is 23.6. The Morgan fingerprint density at radius 3 is 2.76 bits per heavy atom. The Hall–Kier alpha value is -1.30. The summed E-state index contributed by atoms with van der Waals surface area (Å²) < 4.78 is 0. The first-order valence-corrected chi connectivity index (χ1v) is 6.76. The van der Waals surface area contributed by atoms with Crippen molar-refractivity contribution in [3.8, 4) is 0 Å². The van der Waals surface area contributed by atoms with Gasteiger partial charge in [0, 0.05) is 0 Å². The molecule has 0 bridgehead atoms. The Morgan fingerprint density at radius 1 is 1.12 bits per heavy atom. The van der Waals surface area contributed by atoms with Gasteiger partial charge in [-0.25, -0.2) is 0 Å². The lowest BCUT2D eigenvalue weighted by Crippen LogP contribution is -2.27. The number of fused-ring (bicyclic) bond motifs is 3. The van der Waals surface area contributed by atoms with Gasteiger partial charge in [0.25, 0.3) is 0 Å². The molecule has 3 rings (SSSR count). The standard InChI is InChI=1S/C17H20/c1-3-17(2)12-6-8-14-11-10-13-7-4-5-9-15(13)16(14)17/h4-5,7,9-11H,3,6,8,12H2,1-2H3. The van der Waals surface area contributed by atoms with Crippen LogP contribution in [-0.4, -0.2) is 0 Å². The number of hydrogen-bond acceptors (Lipinski definition) is 0. The van der Waals surface area contributed by atoms with Gasteiger partial charge in [0.2, 0.25) is 0 Å². The monoisotopic (exact) mass is 224 g/mol. The van der Waals surface area contributed by atoms with E-state index in [0.29, 0.717) is 5.41 Å². The second kappa shape index (κ2) is 3.87. The van der Waals surface area contributed by atoms with Gasteiger partial charge in [-0.1, -0.05) is 50.2 Å². The minimum atomic E-state index is 0.383. The van der Waals surface area contributed by atoms with Crippen molar-refractivity contribution in [1.82, 2.24) is 0 Å². The van der Waals surface area contributed by atoms with Gasteiger partial charge < -0.3 is 0 Å². The fourth-order valence-corrected chi connectivity index (χ4v) is 3.39. The van der Waals surface area contributed by atoms with Crippen LogP contribution in [0.4, 0.5) is 0 Å². The molecular weight excluding hydrogens is 204 g/mol. The molecule has 1 aliphatic rings. The van der Waals surface area contributed by atoms with Gasteiger partial charge in [-0.05, 0) is 53.0 Å². The van der Waals surface area contributed by atoms with E-state index < -0.39 is 0 Å². The molecule has 0 radical (unpaired) electrons. The molecule has 1 unspecified atom stereocenters. The molecule has 0 aromatic heterocycles. The number of rotatable bonds is 1. The Labute approximate surface area is 104 Å². The summed E-state index contributed by atoms with van der Waals surface area (Å²) in [5.41, 5.74) is 3.60. The van der Waals surface area contributed by atoms with Crippen molar-refractivity contribution in [3.63, 3.8) is 0 Å². The fraction of sp³-hybridized carbons (Fsp3) is 0.412. The van der Waals surface area contributed by atoms with E-state index >= 15 is 0 Å². The number of aryl methyl sites for hydroxylation is 1. The maximum absolute atomic E-state index is 2.44. The molecule has 1 aliphatic carbocycles. The SMILES string of the molecule is CCC1(C)CCCc2ccc3ccccc3c21. The summed E-state index contributed by atoms with van der Waals surface area (Å²) in [6.07, 6.45) is 5.18. The van der Waals surface area contributed by atoms with Gasteiger partial charge in [0.1, 0.15) is 0 Å². The van der Waals surface area contributed by atoms with Crippen molar-refractivity contribution in [2.75, 3.05) is 0 Å². The third-order valence-corrected chi connectivity index (χ3v) is 4.57. The Balaban J connectivity index is 2.36. The predicted molar refractivity (Wildman–Crippen MR) is 74.5 cm³/mol. The van der Waals surface area contributed by atoms with Crippen LogP contribution < -0.4 is 0 Å². The molecular formula is C17H20. The third-order valence-electron chi connectivity index (χ3n) is 4.57. The largest absolute Gasteiger partial charge is 0.0645 e. The predicted octanol–water partition coefficient (Wildman–Crippen LogP) is 4.84. The van der Waals surface area contributed by atoms with Crippen LogP contribution in [0.5, 0.6) is 0 Å². The molecule has 0 saturated carbocycles. The van der Waals surface area contributed by atoms with E-state index in [-0.39, 0.29) is 0 Å². The van der Waals surface area contributed by atoms with E-state index in [9.17, 15) is 0 Å². The summed E-state index contributed by atoms with van der Waals surface area (Å²) in [6, 6.07) is 13.5. The molecule has 0 N–H and O–H groups in total. The Morgan fingerprint density at radius 2 is 1.94 bits per heavy atom. The third kappa shape index (κ3) is 1.58. The molecule has 88 valence electrons. The number of benzene rings is 2. The summed E-state index contributed by atoms with van der Waals surface area (Å²) in [7, 11) is 0. The van der Waals surface area contributed by atoms with Crippen LogP contribution in [0.3, 0.4) is 0 Å². The van der Waals surface area contributed by atoms with Crippen LogP contribution in [0.15, 0.2) is 36.4 Å². The van der Waals surface area contributed by atoms with Crippen molar-refractivity contribution in [2.24, 2.45) is 0 Å². The molecule has 0 heterocycles. The van der Waals surface area contributed by atoms with E-state index in [4.69, 9.17) is 0 Å². The highest BCUT2D eigenvalue weighted by atomic mass is 14.4. The molecule has 0 saturated heterocycles. The van der Waals surface area contributed by atoms with Gasteiger partial charge in [-0.15, -0.1) is 0 Å². The molecule has 0 nitrogen and oxygen atoms in total. The zero-order valence-electron chi connectivity index (χ0n) is 10.8. The maximum Gasteiger partial charge on any atom is -0.00689 e. The highest BCUT2D eigenvalue weighted by Gasteiger charge is 2.31. The molecule has 0 spiro atoms. The molecule has 0 fully saturated rings. The van der Waals surface area contributed by atoms with Gasteiger partial charge in [-0.3, -0.25) is 0 Å². The van der Waals surface area contributed by atoms with Crippen LogP contribution in [0.25, 0.3) is 10.8 Å². The summed E-state index contributed by atoms with van der Waals surface area (Å²) >= 11 is 0. The van der Waals surface area contributed by atoms with Crippen molar-refractivity contribution >= 4 is 10.8 Å². The molecule has 1 atom stereocenters. The lowest BCUT2D eigenvalue weighted by molar-refractivity contribution is 0.385. The van der Waals surface area contributed by atoms with Crippen LogP contribution in [0.2, 0.25) is 0 Å². The van der Waals surface area contributed by atoms with Gasteiger partial charge in [0.15, 0.2) is 0 Å². The summed E-state index contributed by atoms with van der Waals surface area (Å²) in [4.78, 5) is 0. The first-order valence-electron chi connectivity index (χ1n) is 6.76.